The Bertz CT molecular complexity index is 315. The van der Waals surface area contributed by atoms with Gasteiger partial charge in [0.05, 0.1) is 12.2 Å². The summed E-state index contributed by atoms with van der Waals surface area (Å²) >= 11 is 0. The molecule has 0 saturated heterocycles. The van der Waals surface area contributed by atoms with Crippen LogP contribution in [0.4, 0.5) is 0 Å². The van der Waals surface area contributed by atoms with E-state index in [-0.39, 0.29) is 0 Å². The third kappa shape index (κ3) is 1.80. The van der Waals surface area contributed by atoms with Gasteiger partial charge in [-0.25, -0.2) is 0 Å². The van der Waals surface area contributed by atoms with Crippen molar-refractivity contribution in [3.63, 3.8) is 0 Å². The Morgan fingerprint density at radius 2 is 2.42 bits per heavy atom. The van der Waals surface area contributed by atoms with Gasteiger partial charge in [-0.2, -0.15) is 5.26 Å². The fraction of sp³-hybridized carbons (Fsp3) is 0.333. The number of ether oxygens (including phenoxy) is 1. The second-order valence-electron chi connectivity index (χ2n) is 2.53. The zero-order chi connectivity index (χ0) is 8.97. The van der Waals surface area contributed by atoms with Gasteiger partial charge in [-0.15, -0.1) is 0 Å². The van der Waals surface area contributed by atoms with Gasteiger partial charge in [0.1, 0.15) is 6.07 Å². The number of aryl methyl sites for hydroxylation is 1. The minimum absolute atomic E-state index is 0.465. The number of hydrogen-bond donors (Lipinski definition) is 0. The number of rotatable bonds is 2. The van der Waals surface area contributed by atoms with Crippen LogP contribution in [0.1, 0.15) is 16.8 Å². The topological polar surface area (TPSA) is 45.9 Å². The van der Waals surface area contributed by atoms with E-state index < -0.39 is 0 Å². The number of methoxy groups -OCH3 is 1. The van der Waals surface area contributed by atoms with E-state index in [4.69, 9.17) is 10.00 Å². The minimum atomic E-state index is 0.465. The average molecular weight is 162 g/mol. The van der Waals surface area contributed by atoms with Crippen LogP contribution in [0.5, 0.6) is 0 Å². The summed E-state index contributed by atoms with van der Waals surface area (Å²) in [7, 11) is 1.61. The van der Waals surface area contributed by atoms with Crippen LogP contribution in [0, 0.1) is 18.3 Å². The summed E-state index contributed by atoms with van der Waals surface area (Å²) in [5.74, 6) is 0. The maximum absolute atomic E-state index is 8.69. The van der Waals surface area contributed by atoms with Crippen molar-refractivity contribution in [1.82, 2.24) is 4.98 Å². The summed E-state index contributed by atoms with van der Waals surface area (Å²) in [6.07, 6.45) is 1.57. The van der Waals surface area contributed by atoms with Crippen molar-refractivity contribution in [2.45, 2.75) is 13.5 Å². The molecule has 1 rings (SSSR count). The molecule has 0 radical (unpaired) electrons. The third-order valence-electron chi connectivity index (χ3n) is 1.55. The van der Waals surface area contributed by atoms with E-state index >= 15 is 0 Å². The zero-order valence-electron chi connectivity index (χ0n) is 7.16. The molecule has 0 saturated carbocycles. The molecular weight excluding hydrogens is 152 g/mol. The Morgan fingerprint density at radius 1 is 1.67 bits per heavy atom. The van der Waals surface area contributed by atoms with Crippen molar-refractivity contribution in [2.75, 3.05) is 7.11 Å². The minimum Gasteiger partial charge on any atom is -0.380 e. The Balaban J connectivity index is 3.06. The quantitative estimate of drug-likeness (QED) is 0.660. The zero-order valence-corrected chi connectivity index (χ0v) is 7.16. The molecule has 1 aromatic heterocycles. The van der Waals surface area contributed by atoms with Crippen LogP contribution in [-0.2, 0) is 11.3 Å². The molecule has 0 aliphatic rings. The second-order valence-corrected chi connectivity index (χ2v) is 2.53. The number of hydrogen-bond acceptors (Lipinski definition) is 3. The van der Waals surface area contributed by atoms with E-state index in [1.54, 1.807) is 13.3 Å². The molecule has 0 unspecified atom stereocenters. The van der Waals surface area contributed by atoms with Gasteiger partial charge in [0.2, 0.25) is 0 Å². The molecule has 0 spiro atoms. The molecule has 0 N–H and O–H groups in total. The predicted octanol–water partition coefficient (Wildman–Crippen LogP) is 1.41. The van der Waals surface area contributed by atoms with Crippen molar-refractivity contribution in [2.24, 2.45) is 0 Å². The van der Waals surface area contributed by atoms with E-state index in [2.05, 4.69) is 11.1 Å². The number of nitriles is 1. The standard InChI is InChI=1S/C9H10N2O/c1-7-3-8(6-12-2)9(4-10)5-11-7/h3,5H,6H2,1-2H3. The van der Waals surface area contributed by atoms with Crippen LogP contribution in [0.3, 0.4) is 0 Å². The molecule has 0 aromatic carbocycles. The maximum atomic E-state index is 8.69. The molecule has 0 amide bonds. The van der Waals surface area contributed by atoms with Gasteiger partial charge in [0.25, 0.3) is 0 Å². The molecule has 62 valence electrons. The molecular formula is C9H10N2O. The van der Waals surface area contributed by atoms with Crippen molar-refractivity contribution >= 4 is 0 Å². The Hall–Kier alpha value is -1.40. The number of nitrogens with zero attached hydrogens (tertiary/aromatic N) is 2. The molecule has 0 aliphatic carbocycles. The van der Waals surface area contributed by atoms with Crippen molar-refractivity contribution in [3.8, 4) is 6.07 Å². The highest BCUT2D eigenvalue weighted by molar-refractivity contribution is 5.35. The van der Waals surface area contributed by atoms with Gasteiger partial charge in [-0.3, -0.25) is 4.98 Å². The van der Waals surface area contributed by atoms with Crippen molar-refractivity contribution < 1.29 is 4.74 Å². The van der Waals surface area contributed by atoms with Gasteiger partial charge in [-0.1, -0.05) is 0 Å². The molecule has 0 aliphatic heterocycles. The first-order chi connectivity index (χ1) is 5.77. The Labute approximate surface area is 71.6 Å². The summed E-state index contributed by atoms with van der Waals surface area (Å²) in [6.45, 7) is 2.35. The van der Waals surface area contributed by atoms with Crippen LogP contribution in [0.15, 0.2) is 12.3 Å². The van der Waals surface area contributed by atoms with Crippen LogP contribution < -0.4 is 0 Å². The normalized spacial score (nSPS) is 9.42. The maximum Gasteiger partial charge on any atom is 0.101 e. The summed E-state index contributed by atoms with van der Waals surface area (Å²) in [6, 6.07) is 3.93. The molecule has 1 aromatic rings. The predicted molar refractivity (Wildman–Crippen MR) is 44.4 cm³/mol. The monoisotopic (exact) mass is 162 g/mol. The van der Waals surface area contributed by atoms with E-state index in [0.29, 0.717) is 12.2 Å². The average Bonchev–Trinajstić information content (AvgIpc) is 2.05. The van der Waals surface area contributed by atoms with Gasteiger partial charge < -0.3 is 4.74 Å². The van der Waals surface area contributed by atoms with Crippen LogP contribution in [0.2, 0.25) is 0 Å². The van der Waals surface area contributed by atoms with Crippen LogP contribution >= 0.6 is 0 Å². The van der Waals surface area contributed by atoms with Crippen molar-refractivity contribution in [3.05, 3.63) is 29.1 Å². The van der Waals surface area contributed by atoms with E-state index in [0.717, 1.165) is 11.3 Å². The highest BCUT2D eigenvalue weighted by Crippen LogP contribution is 2.08. The Kier molecular flexibility index (Phi) is 2.78. The molecule has 0 bridgehead atoms. The van der Waals surface area contributed by atoms with E-state index in [9.17, 15) is 0 Å². The molecule has 3 nitrogen and oxygen atoms in total. The molecule has 12 heavy (non-hydrogen) atoms. The summed E-state index contributed by atoms with van der Waals surface area (Å²) in [4.78, 5) is 4.01. The largest absolute Gasteiger partial charge is 0.380 e. The first kappa shape index (κ1) is 8.69. The van der Waals surface area contributed by atoms with Crippen LogP contribution in [0.25, 0.3) is 0 Å². The summed E-state index contributed by atoms with van der Waals surface area (Å²) in [5, 5.41) is 8.69. The van der Waals surface area contributed by atoms with Gasteiger partial charge in [-0.05, 0) is 18.6 Å². The molecule has 0 fully saturated rings. The highest BCUT2D eigenvalue weighted by Gasteiger charge is 2.01. The first-order valence-electron chi connectivity index (χ1n) is 3.62. The lowest BCUT2D eigenvalue weighted by atomic mass is 10.1. The lowest BCUT2D eigenvalue weighted by Gasteiger charge is -2.02. The fourth-order valence-corrected chi connectivity index (χ4v) is 0.992. The molecule has 0 atom stereocenters. The van der Waals surface area contributed by atoms with Gasteiger partial charge in [0.15, 0.2) is 0 Å². The highest BCUT2D eigenvalue weighted by atomic mass is 16.5. The lowest BCUT2D eigenvalue weighted by molar-refractivity contribution is 0.184. The number of pyridine rings is 1. The molecule has 1 heterocycles. The SMILES string of the molecule is COCc1cc(C)ncc1C#N. The van der Waals surface area contributed by atoms with Gasteiger partial charge >= 0.3 is 0 Å². The lowest BCUT2D eigenvalue weighted by Crippen LogP contribution is -1.95. The van der Waals surface area contributed by atoms with Crippen molar-refractivity contribution in [1.29, 1.82) is 5.26 Å². The second kappa shape index (κ2) is 3.84. The first-order valence-corrected chi connectivity index (χ1v) is 3.62. The van der Waals surface area contributed by atoms with Gasteiger partial charge in [0, 0.05) is 19.0 Å². The molecule has 3 heteroatoms. The van der Waals surface area contributed by atoms with E-state index in [1.165, 1.54) is 0 Å². The smallest absolute Gasteiger partial charge is 0.101 e. The summed E-state index contributed by atoms with van der Waals surface area (Å²) in [5.41, 5.74) is 2.39. The summed E-state index contributed by atoms with van der Waals surface area (Å²) < 4.78 is 4.95. The Morgan fingerprint density at radius 3 is 3.00 bits per heavy atom. The van der Waals surface area contributed by atoms with Crippen LogP contribution in [-0.4, -0.2) is 12.1 Å². The third-order valence-corrected chi connectivity index (χ3v) is 1.55. The number of aromatic nitrogens is 1. The van der Waals surface area contributed by atoms with E-state index in [1.807, 2.05) is 13.0 Å². The fourth-order valence-electron chi connectivity index (χ4n) is 0.992.